The minimum absolute atomic E-state index is 0.0128. The summed E-state index contributed by atoms with van der Waals surface area (Å²) >= 11 is 0. The molecule has 28 heavy (non-hydrogen) atoms. The molecule has 1 heterocycles. The normalized spacial score (nSPS) is 16.3. The highest BCUT2D eigenvalue weighted by molar-refractivity contribution is 5.79. The Morgan fingerprint density at radius 3 is 2.32 bits per heavy atom. The smallest absolute Gasteiger partial charge is 0.410 e. The second-order valence-electron chi connectivity index (χ2n) is 8.08. The second-order valence-corrected chi connectivity index (χ2v) is 8.08. The minimum Gasteiger partial charge on any atom is -0.497 e. The number of piperidine rings is 1. The Bertz CT molecular complexity index is 691. The van der Waals surface area contributed by atoms with Gasteiger partial charge in [0.25, 0.3) is 0 Å². The molecule has 0 saturated carbocycles. The van der Waals surface area contributed by atoms with E-state index in [9.17, 15) is 9.59 Å². The fraction of sp³-hybridized carbons (Fsp3) is 0.619. The first-order chi connectivity index (χ1) is 13.1. The van der Waals surface area contributed by atoms with Crippen molar-refractivity contribution in [1.82, 2.24) is 10.2 Å². The lowest BCUT2D eigenvalue weighted by Crippen LogP contribution is -2.45. The summed E-state index contributed by atoms with van der Waals surface area (Å²) in [4.78, 5) is 26.6. The Kier molecular flexibility index (Phi) is 7.16. The summed E-state index contributed by atoms with van der Waals surface area (Å²) in [6.07, 6.45) is 0.918. The molecule has 1 aromatic rings. The number of nitrogens with one attached hydrogen (secondary N) is 1. The Morgan fingerprint density at radius 1 is 1.14 bits per heavy atom. The zero-order chi connectivity index (χ0) is 20.9. The van der Waals surface area contributed by atoms with Crippen LogP contribution < -0.4 is 14.8 Å². The summed E-state index contributed by atoms with van der Waals surface area (Å²) < 4.78 is 16.1. The molecule has 2 amide bonds. The molecule has 1 fully saturated rings. The molecule has 0 aliphatic carbocycles. The zero-order valence-corrected chi connectivity index (χ0v) is 17.7. The van der Waals surface area contributed by atoms with Crippen molar-refractivity contribution in [3.05, 3.63) is 23.8 Å². The fourth-order valence-electron chi connectivity index (χ4n) is 3.24. The molecule has 1 aliphatic rings. The van der Waals surface area contributed by atoms with E-state index in [0.717, 1.165) is 5.56 Å². The second kappa shape index (κ2) is 9.17. The van der Waals surface area contributed by atoms with Crippen LogP contribution in [0.2, 0.25) is 0 Å². The van der Waals surface area contributed by atoms with E-state index in [-0.39, 0.29) is 24.0 Å². The summed E-state index contributed by atoms with van der Waals surface area (Å²) in [5.74, 6) is 1.27. The van der Waals surface area contributed by atoms with E-state index in [0.29, 0.717) is 37.4 Å². The standard InChI is InChI=1S/C21H32N2O5/c1-14(17-13-16(26-5)7-8-18(17)27-6)22-19(24)15-9-11-23(12-10-15)20(25)28-21(2,3)4/h7-8,13-15H,9-12H2,1-6H3,(H,22,24)/t14-/m0/s1. The molecular formula is C21H32N2O5. The van der Waals surface area contributed by atoms with Gasteiger partial charge in [-0.25, -0.2) is 4.79 Å². The van der Waals surface area contributed by atoms with Crippen LogP contribution in [-0.4, -0.2) is 49.8 Å². The van der Waals surface area contributed by atoms with Gasteiger partial charge in [-0.15, -0.1) is 0 Å². The molecule has 0 spiro atoms. The largest absolute Gasteiger partial charge is 0.497 e. The van der Waals surface area contributed by atoms with E-state index in [2.05, 4.69) is 5.32 Å². The van der Waals surface area contributed by atoms with Crippen LogP contribution in [0.1, 0.15) is 52.1 Å². The lowest BCUT2D eigenvalue weighted by Gasteiger charge is -2.33. The van der Waals surface area contributed by atoms with Crippen LogP contribution in [0.4, 0.5) is 4.79 Å². The first kappa shape index (κ1) is 21.9. The maximum Gasteiger partial charge on any atom is 0.410 e. The van der Waals surface area contributed by atoms with E-state index in [1.807, 2.05) is 45.9 Å². The Balaban J connectivity index is 1.93. The van der Waals surface area contributed by atoms with Gasteiger partial charge < -0.3 is 24.4 Å². The molecular weight excluding hydrogens is 360 g/mol. The van der Waals surface area contributed by atoms with Gasteiger partial charge in [0.2, 0.25) is 5.91 Å². The highest BCUT2D eigenvalue weighted by Gasteiger charge is 2.30. The Hall–Kier alpha value is -2.44. The molecule has 0 unspecified atom stereocenters. The van der Waals surface area contributed by atoms with Crippen molar-refractivity contribution in [3.8, 4) is 11.5 Å². The number of ether oxygens (including phenoxy) is 3. The predicted molar refractivity (Wildman–Crippen MR) is 107 cm³/mol. The molecule has 0 bridgehead atoms. The SMILES string of the molecule is COc1ccc(OC)c([C@H](C)NC(=O)C2CCN(C(=O)OC(C)(C)C)CC2)c1. The van der Waals surface area contributed by atoms with Gasteiger partial charge in [0.05, 0.1) is 20.3 Å². The molecule has 1 saturated heterocycles. The van der Waals surface area contributed by atoms with E-state index >= 15 is 0 Å². The van der Waals surface area contributed by atoms with Crippen LogP contribution in [0, 0.1) is 5.92 Å². The maximum absolute atomic E-state index is 12.7. The van der Waals surface area contributed by atoms with Gasteiger partial charge >= 0.3 is 6.09 Å². The van der Waals surface area contributed by atoms with Crippen LogP contribution in [0.25, 0.3) is 0 Å². The van der Waals surface area contributed by atoms with E-state index in [1.54, 1.807) is 19.1 Å². The fourth-order valence-corrected chi connectivity index (χ4v) is 3.24. The van der Waals surface area contributed by atoms with Crippen molar-refractivity contribution in [2.45, 2.75) is 52.2 Å². The first-order valence-corrected chi connectivity index (χ1v) is 9.65. The number of amides is 2. The quantitative estimate of drug-likeness (QED) is 0.829. The summed E-state index contributed by atoms with van der Waals surface area (Å²) in [5, 5.41) is 3.07. The van der Waals surface area contributed by atoms with E-state index < -0.39 is 5.60 Å². The van der Waals surface area contributed by atoms with Crippen molar-refractivity contribution in [3.63, 3.8) is 0 Å². The van der Waals surface area contributed by atoms with Gasteiger partial charge in [0.15, 0.2) is 0 Å². The highest BCUT2D eigenvalue weighted by atomic mass is 16.6. The minimum atomic E-state index is -0.517. The molecule has 1 aliphatic heterocycles. The van der Waals surface area contributed by atoms with Crippen molar-refractivity contribution >= 4 is 12.0 Å². The number of hydrogen-bond acceptors (Lipinski definition) is 5. The highest BCUT2D eigenvalue weighted by Crippen LogP contribution is 2.30. The molecule has 156 valence electrons. The lowest BCUT2D eigenvalue weighted by atomic mass is 9.95. The molecule has 7 nitrogen and oxygen atoms in total. The monoisotopic (exact) mass is 392 g/mol. The number of hydrogen-bond donors (Lipinski definition) is 1. The number of methoxy groups -OCH3 is 2. The van der Waals surface area contributed by atoms with Crippen LogP contribution in [0.5, 0.6) is 11.5 Å². The molecule has 1 aromatic carbocycles. The number of carbonyl (C=O) groups is 2. The third-order valence-corrected chi connectivity index (χ3v) is 4.78. The molecule has 0 aromatic heterocycles. The first-order valence-electron chi connectivity index (χ1n) is 9.65. The van der Waals surface area contributed by atoms with Gasteiger partial charge in [-0.2, -0.15) is 0 Å². The third kappa shape index (κ3) is 5.78. The number of likely N-dealkylation sites (tertiary alicyclic amines) is 1. The maximum atomic E-state index is 12.7. The number of nitrogens with zero attached hydrogens (tertiary/aromatic N) is 1. The number of carbonyl (C=O) groups excluding carboxylic acids is 2. The summed E-state index contributed by atoms with van der Waals surface area (Å²) in [6, 6.07) is 5.30. The molecule has 0 radical (unpaired) electrons. The van der Waals surface area contributed by atoms with Gasteiger partial charge in [-0.3, -0.25) is 4.79 Å². The van der Waals surface area contributed by atoms with Crippen LogP contribution in [0.15, 0.2) is 18.2 Å². The van der Waals surface area contributed by atoms with Gasteiger partial charge in [0.1, 0.15) is 17.1 Å². The van der Waals surface area contributed by atoms with E-state index in [1.165, 1.54) is 0 Å². The molecule has 1 atom stereocenters. The topological polar surface area (TPSA) is 77.1 Å². The Labute approximate surface area is 167 Å². The average Bonchev–Trinajstić information content (AvgIpc) is 2.66. The third-order valence-electron chi connectivity index (χ3n) is 4.78. The van der Waals surface area contributed by atoms with Gasteiger partial charge in [0, 0.05) is 24.6 Å². The lowest BCUT2D eigenvalue weighted by molar-refractivity contribution is -0.127. The molecule has 7 heteroatoms. The summed E-state index contributed by atoms with van der Waals surface area (Å²) in [5.41, 5.74) is 0.345. The number of benzene rings is 1. The average molecular weight is 392 g/mol. The van der Waals surface area contributed by atoms with Crippen molar-refractivity contribution < 1.29 is 23.8 Å². The van der Waals surface area contributed by atoms with Crippen molar-refractivity contribution in [2.75, 3.05) is 27.3 Å². The Morgan fingerprint density at radius 2 is 1.79 bits per heavy atom. The molecule has 2 rings (SSSR count). The van der Waals surface area contributed by atoms with Crippen molar-refractivity contribution in [2.24, 2.45) is 5.92 Å². The number of rotatable bonds is 5. The van der Waals surface area contributed by atoms with Crippen LogP contribution in [-0.2, 0) is 9.53 Å². The predicted octanol–water partition coefficient (Wildman–Crippen LogP) is 3.53. The zero-order valence-electron chi connectivity index (χ0n) is 17.7. The summed E-state index contributed by atoms with van der Waals surface area (Å²) in [7, 11) is 3.21. The van der Waals surface area contributed by atoms with Crippen molar-refractivity contribution in [1.29, 1.82) is 0 Å². The summed E-state index contributed by atoms with van der Waals surface area (Å²) in [6.45, 7) is 8.50. The van der Waals surface area contributed by atoms with Gasteiger partial charge in [-0.05, 0) is 58.7 Å². The van der Waals surface area contributed by atoms with Gasteiger partial charge in [-0.1, -0.05) is 0 Å². The van der Waals surface area contributed by atoms with Crippen LogP contribution in [0.3, 0.4) is 0 Å². The molecule has 1 N–H and O–H groups in total. The van der Waals surface area contributed by atoms with Crippen LogP contribution >= 0.6 is 0 Å². The van der Waals surface area contributed by atoms with E-state index in [4.69, 9.17) is 14.2 Å².